The summed E-state index contributed by atoms with van der Waals surface area (Å²) in [7, 11) is 0. The normalized spacial score (nSPS) is 11.8. The van der Waals surface area contributed by atoms with Gasteiger partial charge in [0, 0.05) is 0 Å². The van der Waals surface area contributed by atoms with E-state index in [1.165, 1.54) is 22.3 Å². The van der Waals surface area contributed by atoms with Crippen LogP contribution in [0, 0.1) is 13.8 Å². The highest BCUT2D eigenvalue weighted by atomic mass is 14.0. The molecule has 1 rings (SSSR count). The molecule has 0 heteroatoms. The van der Waals surface area contributed by atoms with Crippen molar-refractivity contribution in [2.45, 2.75) is 34.1 Å². The summed E-state index contributed by atoms with van der Waals surface area (Å²) in [6.07, 6.45) is 3.40. The number of allylic oxidation sites excluding steroid dienone is 1. The van der Waals surface area contributed by atoms with Gasteiger partial charge in [0.25, 0.3) is 0 Å². The Kier molecular flexibility index (Phi) is 3.30. The summed E-state index contributed by atoms with van der Waals surface area (Å²) >= 11 is 0. The van der Waals surface area contributed by atoms with Gasteiger partial charge >= 0.3 is 0 Å². The first-order valence-corrected chi connectivity index (χ1v) is 4.88. The molecule has 0 saturated heterocycles. The lowest BCUT2D eigenvalue weighted by Gasteiger charge is -2.03. The fourth-order valence-electron chi connectivity index (χ4n) is 1.36. The highest BCUT2D eigenvalue weighted by Crippen LogP contribution is 2.15. The molecular formula is C13H18. The Morgan fingerprint density at radius 1 is 1.31 bits per heavy atom. The van der Waals surface area contributed by atoms with E-state index in [0.717, 1.165) is 6.42 Å². The van der Waals surface area contributed by atoms with Gasteiger partial charge in [0.15, 0.2) is 0 Å². The van der Waals surface area contributed by atoms with E-state index in [1.807, 2.05) is 0 Å². The first-order chi connectivity index (χ1) is 6.13. The van der Waals surface area contributed by atoms with Gasteiger partial charge in [0.1, 0.15) is 0 Å². The lowest BCUT2D eigenvalue weighted by Crippen LogP contribution is -1.83. The number of aryl methyl sites for hydroxylation is 2. The van der Waals surface area contributed by atoms with E-state index < -0.39 is 0 Å². The Balaban J connectivity index is 3.03. The van der Waals surface area contributed by atoms with Crippen molar-refractivity contribution < 1.29 is 0 Å². The monoisotopic (exact) mass is 174 g/mol. The van der Waals surface area contributed by atoms with Crippen LogP contribution in [0.15, 0.2) is 23.8 Å². The third-order valence-electron chi connectivity index (χ3n) is 2.38. The molecule has 13 heavy (non-hydrogen) atoms. The molecule has 0 aromatic heterocycles. The molecule has 0 N–H and O–H groups in total. The van der Waals surface area contributed by atoms with Gasteiger partial charge in [0.2, 0.25) is 0 Å². The van der Waals surface area contributed by atoms with Crippen LogP contribution in [0.5, 0.6) is 0 Å². The highest BCUT2D eigenvalue weighted by Gasteiger charge is 1.95. The average Bonchev–Trinajstić information content (AvgIpc) is 2.09. The number of hydrogen-bond donors (Lipinski definition) is 0. The smallest absolute Gasteiger partial charge is 0.0228 e. The summed E-state index contributed by atoms with van der Waals surface area (Å²) in [5, 5.41) is 0. The Morgan fingerprint density at radius 2 is 2.00 bits per heavy atom. The SMILES string of the molecule is CC/C(C)=C\c1ccc(C)cc1C. The standard InChI is InChI=1S/C13H18/c1-5-10(2)9-13-7-6-11(3)8-12(13)4/h6-9H,5H2,1-4H3/b10-9-. The number of rotatable bonds is 2. The second-order valence-electron chi connectivity index (χ2n) is 3.70. The molecule has 0 saturated carbocycles. The summed E-state index contributed by atoms with van der Waals surface area (Å²) in [4.78, 5) is 0. The molecule has 0 nitrogen and oxygen atoms in total. The summed E-state index contributed by atoms with van der Waals surface area (Å²) < 4.78 is 0. The molecule has 0 radical (unpaired) electrons. The maximum Gasteiger partial charge on any atom is -0.0228 e. The number of hydrogen-bond acceptors (Lipinski definition) is 0. The molecule has 0 fully saturated rings. The molecule has 0 atom stereocenters. The van der Waals surface area contributed by atoms with Crippen molar-refractivity contribution in [2.24, 2.45) is 0 Å². The van der Waals surface area contributed by atoms with Crippen LogP contribution >= 0.6 is 0 Å². The summed E-state index contributed by atoms with van der Waals surface area (Å²) in [5.41, 5.74) is 5.49. The summed E-state index contributed by atoms with van der Waals surface area (Å²) in [6, 6.07) is 6.60. The quantitative estimate of drug-likeness (QED) is 0.632. The van der Waals surface area contributed by atoms with Crippen LogP contribution < -0.4 is 0 Å². The van der Waals surface area contributed by atoms with Gasteiger partial charge in [-0.3, -0.25) is 0 Å². The molecule has 1 aromatic rings. The molecule has 0 spiro atoms. The third kappa shape index (κ3) is 2.73. The average molecular weight is 174 g/mol. The van der Waals surface area contributed by atoms with Crippen molar-refractivity contribution in [3.8, 4) is 0 Å². The van der Waals surface area contributed by atoms with E-state index in [9.17, 15) is 0 Å². The Morgan fingerprint density at radius 3 is 2.54 bits per heavy atom. The fourth-order valence-corrected chi connectivity index (χ4v) is 1.36. The molecular weight excluding hydrogens is 156 g/mol. The fraction of sp³-hybridized carbons (Fsp3) is 0.385. The zero-order valence-electron chi connectivity index (χ0n) is 9.02. The van der Waals surface area contributed by atoms with Crippen molar-refractivity contribution in [1.82, 2.24) is 0 Å². The summed E-state index contributed by atoms with van der Waals surface area (Å²) in [5.74, 6) is 0. The zero-order valence-corrected chi connectivity index (χ0v) is 9.02. The van der Waals surface area contributed by atoms with Crippen LogP contribution in [0.25, 0.3) is 6.08 Å². The van der Waals surface area contributed by atoms with Crippen LogP contribution in [0.2, 0.25) is 0 Å². The van der Waals surface area contributed by atoms with Gasteiger partial charge < -0.3 is 0 Å². The van der Waals surface area contributed by atoms with Crippen molar-refractivity contribution in [3.63, 3.8) is 0 Å². The van der Waals surface area contributed by atoms with E-state index >= 15 is 0 Å². The maximum atomic E-state index is 2.27. The highest BCUT2D eigenvalue weighted by molar-refractivity contribution is 5.56. The number of benzene rings is 1. The molecule has 1 aromatic carbocycles. The Labute approximate surface area is 81.3 Å². The van der Waals surface area contributed by atoms with E-state index in [2.05, 4.69) is 52.0 Å². The summed E-state index contributed by atoms with van der Waals surface area (Å²) in [6.45, 7) is 8.67. The minimum Gasteiger partial charge on any atom is -0.0730 e. The maximum absolute atomic E-state index is 2.27. The van der Waals surface area contributed by atoms with Crippen LogP contribution in [-0.2, 0) is 0 Å². The molecule has 0 bridgehead atoms. The van der Waals surface area contributed by atoms with Gasteiger partial charge in [0.05, 0.1) is 0 Å². The van der Waals surface area contributed by atoms with Gasteiger partial charge in [-0.15, -0.1) is 0 Å². The van der Waals surface area contributed by atoms with Crippen molar-refractivity contribution >= 4 is 6.08 Å². The van der Waals surface area contributed by atoms with E-state index in [4.69, 9.17) is 0 Å². The Bertz CT molecular complexity index is 319. The lowest BCUT2D eigenvalue weighted by molar-refractivity contribution is 1.11. The second kappa shape index (κ2) is 4.27. The van der Waals surface area contributed by atoms with E-state index in [0.29, 0.717) is 0 Å². The van der Waals surface area contributed by atoms with E-state index in [-0.39, 0.29) is 0 Å². The zero-order chi connectivity index (χ0) is 9.84. The van der Waals surface area contributed by atoms with Crippen molar-refractivity contribution in [2.75, 3.05) is 0 Å². The topological polar surface area (TPSA) is 0 Å². The van der Waals surface area contributed by atoms with E-state index in [1.54, 1.807) is 0 Å². The molecule has 0 amide bonds. The molecule has 0 unspecified atom stereocenters. The van der Waals surface area contributed by atoms with Gasteiger partial charge in [-0.2, -0.15) is 0 Å². The molecule has 0 heterocycles. The largest absolute Gasteiger partial charge is 0.0730 e. The molecule has 0 aliphatic carbocycles. The van der Waals surface area contributed by atoms with Crippen LogP contribution in [-0.4, -0.2) is 0 Å². The predicted octanol–water partition coefficient (Wildman–Crippen LogP) is 4.12. The molecule has 70 valence electrons. The van der Waals surface area contributed by atoms with Crippen molar-refractivity contribution in [3.05, 3.63) is 40.5 Å². The predicted molar refractivity (Wildman–Crippen MR) is 59.9 cm³/mol. The van der Waals surface area contributed by atoms with Crippen LogP contribution in [0.1, 0.15) is 37.0 Å². The van der Waals surface area contributed by atoms with Gasteiger partial charge in [-0.1, -0.05) is 42.3 Å². The lowest BCUT2D eigenvalue weighted by atomic mass is 10.0. The second-order valence-corrected chi connectivity index (χ2v) is 3.70. The first-order valence-electron chi connectivity index (χ1n) is 4.88. The van der Waals surface area contributed by atoms with Crippen LogP contribution in [0.4, 0.5) is 0 Å². The molecule has 0 aliphatic heterocycles. The van der Waals surface area contributed by atoms with Crippen LogP contribution in [0.3, 0.4) is 0 Å². The minimum absolute atomic E-state index is 1.13. The Hall–Kier alpha value is -1.04. The van der Waals surface area contributed by atoms with Gasteiger partial charge in [-0.25, -0.2) is 0 Å². The van der Waals surface area contributed by atoms with Gasteiger partial charge in [-0.05, 0) is 38.3 Å². The first kappa shape index (κ1) is 10.0. The minimum atomic E-state index is 1.13. The molecule has 0 aliphatic rings. The third-order valence-corrected chi connectivity index (χ3v) is 2.38. The van der Waals surface area contributed by atoms with Crippen molar-refractivity contribution in [1.29, 1.82) is 0 Å².